The summed E-state index contributed by atoms with van der Waals surface area (Å²) in [5.74, 6) is -0.0413. The fourth-order valence-electron chi connectivity index (χ4n) is 2.18. The number of fused-ring (bicyclic) bond motifs is 1. The molecule has 21 heavy (non-hydrogen) atoms. The monoisotopic (exact) mass is 287 g/mol. The molecule has 0 fully saturated rings. The van der Waals surface area contributed by atoms with Crippen molar-refractivity contribution in [1.29, 1.82) is 0 Å². The van der Waals surface area contributed by atoms with Crippen LogP contribution in [0, 0.1) is 0 Å². The molecule has 1 heterocycles. The van der Waals surface area contributed by atoms with E-state index >= 15 is 0 Å². The van der Waals surface area contributed by atoms with Gasteiger partial charge in [-0.05, 0) is 31.4 Å². The van der Waals surface area contributed by atoms with Crippen LogP contribution in [0.25, 0.3) is 10.9 Å². The molecule has 4 N–H and O–H groups in total. The number of pyridine rings is 1. The Morgan fingerprint density at radius 1 is 1.19 bits per heavy atom. The normalized spacial score (nSPS) is 10.7. The number of aromatic nitrogens is 1. The smallest absolute Gasteiger partial charge is 0.226 e. The molecule has 0 radical (unpaired) electrons. The van der Waals surface area contributed by atoms with E-state index in [4.69, 9.17) is 10.8 Å². The van der Waals surface area contributed by atoms with Crippen molar-refractivity contribution in [2.75, 3.05) is 18.9 Å². The van der Waals surface area contributed by atoms with Crippen LogP contribution in [0.2, 0.25) is 0 Å². The van der Waals surface area contributed by atoms with Crippen molar-refractivity contribution in [3.63, 3.8) is 0 Å². The lowest BCUT2D eigenvalue weighted by molar-refractivity contribution is -0.120. The maximum atomic E-state index is 11.8. The van der Waals surface area contributed by atoms with Gasteiger partial charge >= 0.3 is 0 Å². The highest BCUT2D eigenvalue weighted by Crippen LogP contribution is 2.18. The predicted octanol–water partition coefficient (Wildman–Crippen LogP) is 1.64. The van der Waals surface area contributed by atoms with E-state index in [0.717, 1.165) is 30.2 Å². The second-order valence-electron chi connectivity index (χ2n) is 5.03. The Morgan fingerprint density at radius 3 is 2.86 bits per heavy atom. The summed E-state index contributed by atoms with van der Waals surface area (Å²) in [6, 6.07) is 9.43. The second-order valence-corrected chi connectivity index (χ2v) is 5.03. The van der Waals surface area contributed by atoms with E-state index in [1.165, 1.54) is 0 Å². The zero-order chi connectivity index (χ0) is 15.1. The number of anilines is 1. The summed E-state index contributed by atoms with van der Waals surface area (Å²) in [4.78, 5) is 16.3. The first-order chi connectivity index (χ1) is 10.2. The highest BCUT2D eigenvalue weighted by molar-refractivity contribution is 5.89. The Bertz CT molecular complexity index is 613. The lowest BCUT2D eigenvalue weighted by Crippen LogP contribution is -2.26. The van der Waals surface area contributed by atoms with Gasteiger partial charge in [-0.1, -0.05) is 18.2 Å². The molecular formula is C16H21N3O2. The fourth-order valence-corrected chi connectivity index (χ4v) is 2.18. The number of hydrogen-bond acceptors (Lipinski definition) is 4. The number of nitrogens with zero attached hydrogens (tertiary/aromatic N) is 1. The molecule has 0 aliphatic heterocycles. The Balaban J connectivity index is 1.90. The second kappa shape index (κ2) is 7.59. The summed E-state index contributed by atoms with van der Waals surface area (Å²) < 4.78 is 0. The highest BCUT2D eigenvalue weighted by atomic mass is 16.2. The number of rotatable bonds is 7. The zero-order valence-corrected chi connectivity index (χ0v) is 12.0. The van der Waals surface area contributed by atoms with Crippen LogP contribution in [-0.2, 0) is 11.2 Å². The number of unbranched alkanes of at least 4 members (excludes halogenated alkanes) is 2. The van der Waals surface area contributed by atoms with Crippen molar-refractivity contribution in [2.45, 2.75) is 25.7 Å². The van der Waals surface area contributed by atoms with Crippen molar-refractivity contribution in [3.05, 3.63) is 36.0 Å². The first kappa shape index (κ1) is 15.3. The van der Waals surface area contributed by atoms with Crippen LogP contribution in [-0.4, -0.2) is 29.1 Å². The maximum absolute atomic E-state index is 11.8. The largest absolute Gasteiger partial charge is 0.397 e. The topological polar surface area (TPSA) is 88.2 Å². The van der Waals surface area contributed by atoms with Gasteiger partial charge in [-0.25, -0.2) is 0 Å². The summed E-state index contributed by atoms with van der Waals surface area (Å²) in [6.07, 6.45) is 2.83. The Labute approximate surface area is 124 Å². The number of aliphatic hydroxyl groups excluding tert-OH is 1. The number of para-hydroxylation sites is 1. The summed E-state index contributed by atoms with van der Waals surface area (Å²) in [5.41, 5.74) is 7.98. The van der Waals surface area contributed by atoms with Crippen molar-refractivity contribution in [2.24, 2.45) is 0 Å². The van der Waals surface area contributed by atoms with Crippen molar-refractivity contribution in [1.82, 2.24) is 10.3 Å². The van der Waals surface area contributed by atoms with Crippen LogP contribution < -0.4 is 11.1 Å². The number of aliphatic hydroxyl groups is 1. The number of amides is 1. The molecule has 0 saturated carbocycles. The van der Waals surface area contributed by atoms with E-state index in [0.29, 0.717) is 17.9 Å². The molecular weight excluding hydrogens is 266 g/mol. The number of nitrogen functional groups attached to an aromatic ring is 1. The minimum absolute atomic E-state index is 0.0413. The molecule has 2 rings (SSSR count). The van der Waals surface area contributed by atoms with Crippen LogP contribution in [0.3, 0.4) is 0 Å². The molecule has 1 amide bonds. The summed E-state index contributed by atoms with van der Waals surface area (Å²) in [6.45, 7) is 0.838. The molecule has 0 bridgehead atoms. The maximum Gasteiger partial charge on any atom is 0.226 e. The molecule has 112 valence electrons. The van der Waals surface area contributed by atoms with Gasteiger partial charge < -0.3 is 16.2 Å². The molecule has 1 aromatic carbocycles. The van der Waals surface area contributed by atoms with Crippen molar-refractivity contribution >= 4 is 22.5 Å². The molecule has 5 heteroatoms. The van der Waals surface area contributed by atoms with Gasteiger partial charge in [0.2, 0.25) is 5.91 Å². The zero-order valence-electron chi connectivity index (χ0n) is 12.0. The molecule has 0 aliphatic carbocycles. The third-order valence-corrected chi connectivity index (χ3v) is 3.31. The quantitative estimate of drug-likeness (QED) is 0.533. The number of carbonyl (C=O) groups excluding carboxylic acids is 1. The molecule has 0 saturated heterocycles. The molecule has 0 unspecified atom stereocenters. The van der Waals surface area contributed by atoms with Gasteiger partial charge in [0.15, 0.2) is 0 Å². The molecule has 2 aromatic rings. The SMILES string of the molecule is Nc1cccc2ccc(CC(=O)NCCCCCO)nc12. The van der Waals surface area contributed by atoms with Crippen LogP contribution in [0.15, 0.2) is 30.3 Å². The average Bonchev–Trinajstić information content (AvgIpc) is 2.48. The molecule has 5 nitrogen and oxygen atoms in total. The third kappa shape index (κ3) is 4.43. The van der Waals surface area contributed by atoms with Crippen molar-refractivity contribution in [3.8, 4) is 0 Å². The number of nitrogens with one attached hydrogen (secondary N) is 1. The molecule has 1 aromatic heterocycles. The first-order valence-electron chi connectivity index (χ1n) is 7.22. The van der Waals surface area contributed by atoms with Gasteiger partial charge in [0.05, 0.1) is 23.3 Å². The lowest BCUT2D eigenvalue weighted by Gasteiger charge is -2.06. The van der Waals surface area contributed by atoms with Gasteiger partial charge in [-0.2, -0.15) is 0 Å². The molecule has 0 atom stereocenters. The van der Waals surface area contributed by atoms with E-state index in [9.17, 15) is 4.79 Å². The molecule has 0 spiro atoms. The van der Waals surface area contributed by atoms with Gasteiger partial charge in [-0.3, -0.25) is 9.78 Å². The van der Waals surface area contributed by atoms with Gasteiger partial charge in [-0.15, -0.1) is 0 Å². The highest BCUT2D eigenvalue weighted by Gasteiger charge is 2.06. The van der Waals surface area contributed by atoms with Gasteiger partial charge in [0.25, 0.3) is 0 Å². The van der Waals surface area contributed by atoms with E-state index in [2.05, 4.69) is 10.3 Å². The van der Waals surface area contributed by atoms with Crippen LogP contribution in [0.4, 0.5) is 5.69 Å². The van der Waals surface area contributed by atoms with Crippen molar-refractivity contribution < 1.29 is 9.90 Å². The van der Waals surface area contributed by atoms with E-state index in [-0.39, 0.29) is 18.9 Å². The number of nitrogens with two attached hydrogens (primary N) is 1. The van der Waals surface area contributed by atoms with E-state index < -0.39 is 0 Å². The predicted molar refractivity (Wildman–Crippen MR) is 83.8 cm³/mol. The Morgan fingerprint density at radius 2 is 2.05 bits per heavy atom. The fraction of sp³-hybridized carbons (Fsp3) is 0.375. The average molecular weight is 287 g/mol. The molecule has 0 aliphatic rings. The van der Waals surface area contributed by atoms with Crippen LogP contribution in [0.5, 0.6) is 0 Å². The van der Waals surface area contributed by atoms with Crippen LogP contribution in [0.1, 0.15) is 25.0 Å². The third-order valence-electron chi connectivity index (χ3n) is 3.31. The minimum Gasteiger partial charge on any atom is -0.397 e. The van der Waals surface area contributed by atoms with E-state index in [1.54, 1.807) is 6.07 Å². The number of carbonyl (C=O) groups is 1. The summed E-state index contributed by atoms with van der Waals surface area (Å²) >= 11 is 0. The first-order valence-corrected chi connectivity index (χ1v) is 7.22. The van der Waals surface area contributed by atoms with Gasteiger partial charge in [0.1, 0.15) is 0 Å². The standard InChI is InChI=1S/C16H21N3O2/c17-14-6-4-5-12-7-8-13(19-16(12)14)11-15(21)18-9-2-1-3-10-20/h4-8,20H,1-3,9-11,17H2,(H,18,21). The summed E-state index contributed by atoms with van der Waals surface area (Å²) in [7, 11) is 0. The Kier molecular flexibility index (Phi) is 5.51. The summed E-state index contributed by atoms with van der Waals surface area (Å²) in [5, 5.41) is 12.5. The number of hydrogen-bond donors (Lipinski definition) is 3. The minimum atomic E-state index is -0.0413. The Hall–Kier alpha value is -2.14. The number of benzene rings is 1. The van der Waals surface area contributed by atoms with E-state index in [1.807, 2.05) is 24.3 Å². The van der Waals surface area contributed by atoms with Crippen LogP contribution >= 0.6 is 0 Å². The lowest BCUT2D eigenvalue weighted by atomic mass is 10.1. The van der Waals surface area contributed by atoms with Gasteiger partial charge in [0, 0.05) is 18.5 Å².